The molecule has 1 aliphatic carbocycles. The topological polar surface area (TPSA) is 87.7 Å². The largest absolute Gasteiger partial charge is 0.453 e. The van der Waals surface area contributed by atoms with Gasteiger partial charge in [0, 0.05) is 12.6 Å². The van der Waals surface area contributed by atoms with Gasteiger partial charge < -0.3 is 20.5 Å². The van der Waals surface area contributed by atoms with Crippen molar-refractivity contribution in [1.82, 2.24) is 10.6 Å². The monoisotopic (exact) mass is 286 g/mol. The van der Waals surface area contributed by atoms with Crippen LogP contribution in [-0.2, 0) is 9.53 Å². The van der Waals surface area contributed by atoms with Crippen LogP contribution >= 0.6 is 0 Å². The zero-order chi connectivity index (χ0) is 15.4. The predicted octanol–water partition coefficient (Wildman–Crippen LogP) is 1.04. The summed E-state index contributed by atoms with van der Waals surface area (Å²) >= 11 is 0. The molecule has 6 heteroatoms. The highest BCUT2D eigenvalue weighted by Crippen LogP contribution is 2.45. The number of rotatable bonds is 4. The molecule has 3 N–H and O–H groups in total. The first-order chi connectivity index (χ1) is 9.19. The van der Waals surface area contributed by atoms with Crippen molar-refractivity contribution in [3.63, 3.8) is 0 Å². The first kappa shape index (κ1) is 16.8. The highest BCUT2D eigenvalue weighted by molar-refractivity contribution is 5.77. The summed E-state index contributed by atoms with van der Waals surface area (Å²) in [5.41, 5.74) is -0.0401. The number of nitrogens with one attached hydrogen (secondary N) is 2. The molecule has 0 heterocycles. The summed E-state index contributed by atoms with van der Waals surface area (Å²) < 4.78 is 4.59. The lowest BCUT2D eigenvalue weighted by atomic mass is 9.62. The highest BCUT2D eigenvalue weighted by atomic mass is 16.5. The van der Waals surface area contributed by atoms with E-state index in [4.69, 9.17) is 5.11 Å². The van der Waals surface area contributed by atoms with Crippen molar-refractivity contribution in [3.05, 3.63) is 0 Å². The number of aliphatic hydroxyl groups excluding tert-OH is 1. The van der Waals surface area contributed by atoms with Gasteiger partial charge in [0.05, 0.1) is 7.11 Å². The second-order valence-electron chi connectivity index (χ2n) is 6.83. The highest BCUT2D eigenvalue weighted by Gasteiger charge is 2.41. The molecule has 1 aliphatic rings. The molecule has 0 aromatic rings. The van der Waals surface area contributed by atoms with Gasteiger partial charge in [-0.15, -0.1) is 0 Å². The van der Waals surface area contributed by atoms with Gasteiger partial charge in [-0.1, -0.05) is 20.8 Å². The van der Waals surface area contributed by atoms with Crippen molar-refractivity contribution in [2.24, 2.45) is 10.8 Å². The van der Waals surface area contributed by atoms with E-state index in [0.717, 1.165) is 19.3 Å². The summed E-state index contributed by atoms with van der Waals surface area (Å²) in [6.45, 7) is 6.42. The summed E-state index contributed by atoms with van der Waals surface area (Å²) in [5.74, 6) is -0.351. The maximum atomic E-state index is 11.4. The standard InChI is InChI=1S/C14H26N2O4/c1-13(2)5-10(16-11(18)7-17)6-14(3,8-13)9-15-12(19)20-4/h10,17H,5-9H2,1-4H3,(H,15,19)(H,16,18). The van der Waals surface area contributed by atoms with Crippen LogP contribution < -0.4 is 10.6 Å². The second kappa shape index (κ2) is 6.43. The molecule has 2 unspecified atom stereocenters. The molecular formula is C14H26N2O4. The normalized spacial score (nSPS) is 28.6. The van der Waals surface area contributed by atoms with E-state index >= 15 is 0 Å². The third kappa shape index (κ3) is 5.00. The third-order valence-electron chi connectivity index (χ3n) is 3.80. The van der Waals surface area contributed by atoms with E-state index < -0.39 is 12.7 Å². The van der Waals surface area contributed by atoms with Gasteiger partial charge in [-0.3, -0.25) is 4.79 Å². The number of hydrogen-bond acceptors (Lipinski definition) is 4. The van der Waals surface area contributed by atoms with Crippen LogP contribution in [0.5, 0.6) is 0 Å². The van der Waals surface area contributed by atoms with Crippen LogP contribution in [0, 0.1) is 10.8 Å². The molecule has 1 fully saturated rings. The van der Waals surface area contributed by atoms with Crippen LogP contribution in [0.15, 0.2) is 0 Å². The SMILES string of the molecule is COC(=O)NCC1(C)CC(NC(=O)CO)CC(C)(C)C1. The molecule has 20 heavy (non-hydrogen) atoms. The van der Waals surface area contributed by atoms with Crippen LogP contribution in [0.2, 0.25) is 0 Å². The Bertz CT molecular complexity index is 370. The maximum absolute atomic E-state index is 11.4. The Balaban J connectivity index is 2.70. The summed E-state index contributed by atoms with van der Waals surface area (Å²) in [4.78, 5) is 22.6. The Morgan fingerprint density at radius 1 is 1.30 bits per heavy atom. The van der Waals surface area contributed by atoms with Gasteiger partial charge in [-0.2, -0.15) is 0 Å². The number of alkyl carbamates (subject to hydrolysis) is 1. The van der Waals surface area contributed by atoms with Crippen molar-refractivity contribution in [1.29, 1.82) is 0 Å². The molecule has 2 atom stereocenters. The van der Waals surface area contributed by atoms with Gasteiger partial charge in [0.2, 0.25) is 5.91 Å². The van der Waals surface area contributed by atoms with E-state index in [1.807, 2.05) is 0 Å². The molecule has 0 saturated heterocycles. The summed E-state index contributed by atoms with van der Waals surface area (Å²) in [5, 5.41) is 14.4. The fourth-order valence-electron chi connectivity index (χ4n) is 3.50. The lowest BCUT2D eigenvalue weighted by Crippen LogP contribution is -2.50. The number of carbonyl (C=O) groups is 2. The molecule has 0 aliphatic heterocycles. The number of ether oxygens (including phenoxy) is 1. The van der Waals surface area contributed by atoms with Crippen molar-refractivity contribution in [3.8, 4) is 0 Å². The molecule has 116 valence electrons. The number of amides is 2. The number of carbonyl (C=O) groups excluding carboxylic acids is 2. The van der Waals surface area contributed by atoms with Crippen LogP contribution in [0.4, 0.5) is 4.79 Å². The van der Waals surface area contributed by atoms with Crippen molar-refractivity contribution in [2.75, 3.05) is 20.3 Å². The Labute approximate surface area is 120 Å². The van der Waals surface area contributed by atoms with E-state index in [0.29, 0.717) is 6.54 Å². The molecule has 0 bridgehead atoms. The quantitative estimate of drug-likeness (QED) is 0.720. The van der Waals surface area contributed by atoms with Crippen molar-refractivity contribution < 1.29 is 19.4 Å². The van der Waals surface area contributed by atoms with Gasteiger partial charge >= 0.3 is 6.09 Å². The molecule has 1 saturated carbocycles. The van der Waals surface area contributed by atoms with Crippen molar-refractivity contribution >= 4 is 12.0 Å². The van der Waals surface area contributed by atoms with Gasteiger partial charge in [-0.25, -0.2) is 4.79 Å². The second-order valence-corrected chi connectivity index (χ2v) is 6.83. The predicted molar refractivity (Wildman–Crippen MR) is 75.2 cm³/mol. The molecule has 0 aromatic carbocycles. The van der Waals surface area contributed by atoms with Gasteiger partial charge in [0.15, 0.2) is 0 Å². The number of methoxy groups -OCH3 is 1. The fourth-order valence-corrected chi connectivity index (χ4v) is 3.50. The number of hydrogen-bond donors (Lipinski definition) is 3. The van der Waals surface area contributed by atoms with E-state index in [9.17, 15) is 9.59 Å². The molecule has 0 radical (unpaired) electrons. The van der Waals surface area contributed by atoms with Crippen molar-refractivity contribution in [2.45, 2.75) is 46.1 Å². The Morgan fingerprint density at radius 3 is 2.50 bits per heavy atom. The minimum Gasteiger partial charge on any atom is -0.453 e. The zero-order valence-corrected chi connectivity index (χ0v) is 12.8. The van der Waals surface area contributed by atoms with E-state index in [1.54, 1.807) is 0 Å². The fraction of sp³-hybridized carbons (Fsp3) is 0.857. The van der Waals surface area contributed by atoms with Crippen LogP contribution in [0.1, 0.15) is 40.0 Å². The molecule has 1 rings (SSSR count). The lowest BCUT2D eigenvalue weighted by Gasteiger charge is -2.46. The zero-order valence-electron chi connectivity index (χ0n) is 12.8. The molecule has 6 nitrogen and oxygen atoms in total. The van der Waals surface area contributed by atoms with Crippen LogP contribution in [0.25, 0.3) is 0 Å². The van der Waals surface area contributed by atoms with E-state index in [-0.39, 0.29) is 22.8 Å². The molecular weight excluding hydrogens is 260 g/mol. The smallest absolute Gasteiger partial charge is 0.406 e. The van der Waals surface area contributed by atoms with Gasteiger partial charge in [0.1, 0.15) is 6.61 Å². The molecule has 0 spiro atoms. The molecule has 0 aromatic heterocycles. The average Bonchev–Trinajstić information content (AvgIpc) is 2.33. The first-order valence-electron chi connectivity index (χ1n) is 6.92. The minimum absolute atomic E-state index is 0.0165. The van der Waals surface area contributed by atoms with E-state index in [1.165, 1.54) is 7.11 Å². The Morgan fingerprint density at radius 2 is 1.95 bits per heavy atom. The number of aliphatic hydroxyl groups is 1. The summed E-state index contributed by atoms with van der Waals surface area (Å²) in [6.07, 6.45) is 2.15. The van der Waals surface area contributed by atoms with Gasteiger partial charge in [-0.05, 0) is 30.1 Å². The third-order valence-corrected chi connectivity index (χ3v) is 3.80. The molecule has 2 amide bonds. The van der Waals surface area contributed by atoms with E-state index in [2.05, 4.69) is 36.1 Å². The lowest BCUT2D eigenvalue weighted by molar-refractivity contribution is -0.125. The van der Waals surface area contributed by atoms with Crippen LogP contribution in [-0.4, -0.2) is 43.4 Å². The minimum atomic E-state index is -0.492. The summed E-state index contributed by atoms with van der Waals surface area (Å²) in [7, 11) is 1.34. The van der Waals surface area contributed by atoms with Crippen LogP contribution in [0.3, 0.4) is 0 Å². The Hall–Kier alpha value is -1.30. The summed E-state index contributed by atoms with van der Waals surface area (Å²) in [6, 6.07) is 0.0165. The average molecular weight is 286 g/mol. The van der Waals surface area contributed by atoms with Gasteiger partial charge in [0.25, 0.3) is 0 Å². The maximum Gasteiger partial charge on any atom is 0.406 e. The Kier molecular flexibility index (Phi) is 5.39. The first-order valence-corrected chi connectivity index (χ1v) is 6.92.